The molecule has 0 aliphatic carbocycles. The van der Waals surface area contributed by atoms with Crippen LogP contribution in [0.4, 0.5) is 0 Å². The van der Waals surface area contributed by atoms with Gasteiger partial charge in [-0.05, 0) is 26.1 Å². The summed E-state index contributed by atoms with van der Waals surface area (Å²) in [6.07, 6.45) is 3.80. The van der Waals surface area contributed by atoms with Crippen LogP contribution in [0.25, 0.3) is 6.08 Å². The number of nitrogens with one attached hydrogen (secondary N) is 1. The lowest BCUT2D eigenvalue weighted by Gasteiger charge is -1.88. The summed E-state index contributed by atoms with van der Waals surface area (Å²) in [5, 5.41) is 6.73. The number of aromatic nitrogens is 1. The van der Waals surface area contributed by atoms with Gasteiger partial charge in [-0.15, -0.1) is 0 Å². The maximum absolute atomic E-state index is 4.96. The molecule has 0 aliphatic rings. The Labute approximate surface area is 66.1 Å². The first-order valence-electron chi connectivity index (χ1n) is 3.52. The molecule has 0 unspecified atom stereocenters. The molecule has 0 aliphatic heterocycles. The van der Waals surface area contributed by atoms with Gasteiger partial charge in [-0.3, -0.25) is 0 Å². The Hall–Kier alpha value is -1.25. The van der Waals surface area contributed by atoms with Gasteiger partial charge in [-0.25, -0.2) is 0 Å². The summed E-state index contributed by atoms with van der Waals surface area (Å²) in [7, 11) is 1.86. The summed E-state index contributed by atoms with van der Waals surface area (Å²) in [6, 6.07) is 0. The van der Waals surface area contributed by atoms with Crippen molar-refractivity contribution in [2.75, 3.05) is 7.05 Å². The maximum atomic E-state index is 4.96. The van der Waals surface area contributed by atoms with Crippen LogP contribution in [0.5, 0.6) is 0 Å². The highest BCUT2D eigenvalue weighted by atomic mass is 16.5. The van der Waals surface area contributed by atoms with Crippen LogP contribution in [-0.2, 0) is 0 Å². The lowest BCUT2D eigenvalue weighted by molar-refractivity contribution is 0.393. The van der Waals surface area contributed by atoms with Crippen molar-refractivity contribution >= 4 is 6.08 Å². The van der Waals surface area contributed by atoms with Gasteiger partial charge in [0.05, 0.1) is 5.69 Å². The third kappa shape index (κ3) is 1.61. The van der Waals surface area contributed by atoms with E-state index in [4.69, 9.17) is 4.52 Å². The van der Waals surface area contributed by atoms with Crippen molar-refractivity contribution in [1.29, 1.82) is 0 Å². The van der Waals surface area contributed by atoms with Crippen molar-refractivity contribution in [2.45, 2.75) is 13.8 Å². The van der Waals surface area contributed by atoms with Crippen LogP contribution in [0.2, 0.25) is 0 Å². The van der Waals surface area contributed by atoms with Gasteiger partial charge in [0.15, 0.2) is 0 Å². The first-order valence-corrected chi connectivity index (χ1v) is 3.52. The van der Waals surface area contributed by atoms with Crippen LogP contribution in [0.1, 0.15) is 17.0 Å². The number of aryl methyl sites for hydroxylation is 2. The van der Waals surface area contributed by atoms with Crippen LogP contribution in [0, 0.1) is 13.8 Å². The van der Waals surface area contributed by atoms with E-state index in [0.29, 0.717) is 0 Å². The molecule has 3 heteroatoms. The van der Waals surface area contributed by atoms with E-state index in [0.717, 1.165) is 17.0 Å². The van der Waals surface area contributed by atoms with Crippen molar-refractivity contribution in [3.05, 3.63) is 23.2 Å². The SMILES string of the molecule is CNC=Cc1c(C)noc1C. The zero-order valence-electron chi connectivity index (χ0n) is 7.01. The average Bonchev–Trinajstić information content (AvgIpc) is 2.29. The van der Waals surface area contributed by atoms with Gasteiger partial charge in [0.25, 0.3) is 0 Å². The quantitative estimate of drug-likeness (QED) is 0.697. The Balaban J connectivity index is 2.92. The normalized spacial score (nSPS) is 10.8. The van der Waals surface area contributed by atoms with Gasteiger partial charge >= 0.3 is 0 Å². The summed E-state index contributed by atoms with van der Waals surface area (Å²) in [5.41, 5.74) is 1.98. The molecule has 1 rings (SSSR count). The third-order valence-electron chi connectivity index (χ3n) is 1.51. The molecule has 1 N–H and O–H groups in total. The van der Waals surface area contributed by atoms with E-state index < -0.39 is 0 Å². The highest BCUT2D eigenvalue weighted by molar-refractivity contribution is 5.52. The monoisotopic (exact) mass is 152 g/mol. The summed E-state index contributed by atoms with van der Waals surface area (Å²) in [5.74, 6) is 0.856. The van der Waals surface area contributed by atoms with Gasteiger partial charge in [0, 0.05) is 12.6 Å². The van der Waals surface area contributed by atoms with Crippen LogP contribution in [-0.4, -0.2) is 12.2 Å². The standard InChI is InChI=1S/C8H12N2O/c1-6-8(4-5-9-3)7(2)11-10-6/h4-5,9H,1-3H3. The van der Waals surface area contributed by atoms with Crippen molar-refractivity contribution in [3.8, 4) is 0 Å². The summed E-state index contributed by atoms with van der Waals surface area (Å²) in [4.78, 5) is 0. The van der Waals surface area contributed by atoms with Crippen LogP contribution >= 0.6 is 0 Å². The van der Waals surface area contributed by atoms with Crippen molar-refractivity contribution < 1.29 is 4.52 Å². The van der Waals surface area contributed by atoms with E-state index in [1.807, 2.05) is 33.2 Å². The van der Waals surface area contributed by atoms with E-state index in [2.05, 4.69) is 10.5 Å². The van der Waals surface area contributed by atoms with Gasteiger partial charge in [0.1, 0.15) is 5.76 Å². The molecule has 1 aromatic rings. The summed E-state index contributed by atoms with van der Waals surface area (Å²) < 4.78 is 4.96. The van der Waals surface area contributed by atoms with Crippen LogP contribution < -0.4 is 5.32 Å². The van der Waals surface area contributed by atoms with Crippen LogP contribution in [0.15, 0.2) is 10.7 Å². The van der Waals surface area contributed by atoms with Crippen molar-refractivity contribution in [1.82, 2.24) is 10.5 Å². The maximum Gasteiger partial charge on any atom is 0.141 e. The Morgan fingerprint density at radius 2 is 2.18 bits per heavy atom. The van der Waals surface area contributed by atoms with E-state index in [1.165, 1.54) is 0 Å². The minimum absolute atomic E-state index is 0.856. The molecular formula is C8H12N2O. The minimum Gasteiger partial charge on any atom is -0.394 e. The molecule has 0 atom stereocenters. The minimum atomic E-state index is 0.856. The molecule has 11 heavy (non-hydrogen) atoms. The average molecular weight is 152 g/mol. The first-order chi connectivity index (χ1) is 5.25. The number of hydrogen-bond donors (Lipinski definition) is 1. The molecule has 0 amide bonds. The molecule has 3 nitrogen and oxygen atoms in total. The fourth-order valence-corrected chi connectivity index (χ4v) is 0.895. The van der Waals surface area contributed by atoms with Gasteiger partial charge in [-0.2, -0.15) is 0 Å². The van der Waals surface area contributed by atoms with Crippen molar-refractivity contribution in [3.63, 3.8) is 0 Å². The zero-order valence-corrected chi connectivity index (χ0v) is 7.01. The largest absolute Gasteiger partial charge is 0.394 e. The lowest BCUT2D eigenvalue weighted by Crippen LogP contribution is -1.91. The molecule has 0 saturated carbocycles. The fraction of sp³-hybridized carbons (Fsp3) is 0.375. The van der Waals surface area contributed by atoms with Crippen LogP contribution in [0.3, 0.4) is 0 Å². The molecule has 0 spiro atoms. The molecule has 0 bridgehead atoms. The summed E-state index contributed by atoms with van der Waals surface area (Å²) in [6.45, 7) is 3.82. The Morgan fingerprint density at radius 3 is 2.64 bits per heavy atom. The first kappa shape index (κ1) is 7.85. The second kappa shape index (κ2) is 3.23. The third-order valence-corrected chi connectivity index (χ3v) is 1.51. The second-order valence-corrected chi connectivity index (χ2v) is 2.36. The van der Waals surface area contributed by atoms with Crippen molar-refractivity contribution in [2.24, 2.45) is 0 Å². The molecule has 0 radical (unpaired) electrons. The molecule has 1 heterocycles. The topological polar surface area (TPSA) is 38.1 Å². The zero-order chi connectivity index (χ0) is 8.27. The Morgan fingerprint density at radius 1 is 1.45 bits per heavy atom. The van der Waals surface area contributed by atoms with E-state index in [9.17, 15) is 0 Å². The Kier molecular flexibility index (Phi) is 2.31. The molecule has 0 aromatic carbocycles. The summed E-state index contributed by atoms with van der Waals surface area (Å²) >= 11 is 0. The van der Waals surface area contributed by atoms with E-state index in [1.54, 1.807) is 0 Å². The molecule has 0 fully saturated rings. The molecular weight excluding hydrogens is 140 g/mol. The van der Waals surface area contributed by atoms with E-state index in [-0.39, 0.29) is 0 Å². The number of hydrogen-bond acceptors (Lipinski definition) is 3. The predicted octanol–water partition coefficient (Wildman–Crippen LogP) is 1.48. The highest BCUT2D eigenvalue weighted by Crippen LogP contribution is 2.12. The van der Waals surface area contributed by atoms with E-state index >= 15 is 0 Å². The predicted molar refractivity (Wildman–Crippen MR) is 44.1 cm³/mol. The molecule has 1 aromatic heterocycles. The fourth-order valence-electron chi connectivity index (χ4n) is 0.895. The Bertz CT molecular complexity index is 244. The van der Waals surface area contributed by atoms with Gasteiger partial charge < -0.3 is 9.84 Å². The molecule has 60 valence electrons. The highest BCUT2D eigenvalue weighted by Gasteiger charge is 2.03. The molecule has 0 saturated heterocycles. The second-order valence-electron chi connectivity index (χ2n) is 2.36. The number of nitrogens with zero attached hydrogens (tertiary/aromatic N) is 1. The van der Waals surface area contributed by atoms with Gasteiger partial charge in [-0.1, -0.05) is 5.16 Å². The number of rotatable bonds is 2. The van der Waals surface area contributed by atoms with Gasteiger partial charge in [0.2, 0.25) is 0 Å². The lowest BCUT2D eigenvalue weighted by atomic mass is 10.2. The smallest absolute Gasteiger partial charge is 0.141 e.